The standard InChI is InChI=1S/C14H17ClN2O2S2/c1-9-6-12(15)13(16)8-14(9)21(18,19)17-10(2)7-11-4-3-5-20-11/h3-6,8,10,17H,7,16H2,1-2H3. The van der Waals surface area contributed by atoms with Crippen molar-refractivity contribution < 1.29 is 8.42 Å². The molecule has 2 rings (SSSR count). The van der Waals surface area contributed by atoms with E-state index in [-0.39, 0.29) is 16.6 Å². The molecule has 0 fully saturated rings. The zero-order valence-corrected chi connectivity index (χ0v) is 14.1. The Morgan fingerprint density at radius 3 is 2.76 bits per heavy atom. The first-order chi connectivity index (χ1) is 9.79. The fourth-order valence-electron chi connectivity index (χ4n) is 2.06. The lowest BCUT2D eigenvalue weighted by Gasteiger charge is -2.15. The molecule has 0 aliphatic carbocycles. The van der Waals surface area contributed by atoms with E-state index >= 15 is 0 Å². The summed E-state index contributed by atoms with van der Waals surface area (Å²) in [4.78, 5) is 1.31. The van der Waals surface area contributed by atoms with Crippen LogP contribution in [0.3, 0.4) is 0 Å². The normalized spacial score (nSPS) is 13.3. The number of aryl methyl sites for hydroxylation is 1. The second-order valence-corrected chi connectivity index (χ2v) is 8.07. The lowest BCUT2D eigenvalue weighted by atomic mass is 10.2. The van der Waals surface area contributed by atoms with E-state index in [1.54, 1.807) is 24.3 Å². The second kappa shape index (κ2) is 6.36. The molecule has 0 saturated heterocycles. The number of hydrogen-bond donors (Lipinski definition) is 2. The minimum Gasteiger partial charge on any atom is -0.397 e. The van der Waals surface area contributed by atoms with Gasteiger partial charge in [0.25, 0.3) is 0 Å². The Kier molecular flexibility index (Phi) is 4.93. The molecule has 1 heterocycles. The summed E-state index contributed by atoms with van der Waals surface area (Å²) in [7, 11) is -3.62. The molecule has 114 valence electrons. The zero-order valence-electron chi connectivity index (χ0n) is 11.8. The average molecular weight is 345 g/mol. The fourth-order valence-corrected chi connectivity index (χ4v) is 4.62. The topological polar surface area (TPSA) is 72.2 Å². The quantitative estimate of drug-likeness (QED) is 0.818. The molecule has 21 heavy (non-hydrogen) atoms. The first-order valence-corrected chi connectivity index (χ1v) is 9.14. The van der Waals surface area contributed by atoms with Gasteiger partial charge in [-0.15, -0.1) is 11.3 Å². The Balaban J connectivity index is 2.20. The summed E-state index contributed by atoms with van der Waals surface area (Å²) in [6.45, 7) is 3.54. The monoisotopic (exact) mass is 344 g/mol. The third-order valence-electron chi connectivity index (χ3n) is 3.03. The number of thiophene rings is 1. The smallest absolute Gasteiger partial charge is 0.241 e. The molecule has 1 unspecified atom stereocenters. The van der Waals surface area contributed by atoms with Crippen molar-refractivity contribution in [2.24, 2.45) is 0 Å². The summed E-state index contributed by atoms with van der Waals surface area (Å²) >= 11 is 7.51. The molecule has 1 aromatic heterocycles. The third-order valence-corrected chi connectivity index (χ3v) is 5.99. The summed E-state index contributed by atoms with van der Waals surface area (Å²) < 4.78 is 27.6. The molecule has 1 atom stereocenters. The van der Waals surface area contributed by atoms with Crippen molar-refractivity contribution in [3.05, 3.63) is 45.1 Å². The first kappa shape index (κ1) is 16.3. The van der Waals surface area contributed by atoms with Gasteiger partial charge < -0.3 is 5.73 Å². The maximum absolute atomic E-state index is 12.4. The highest BCUT2D eigenvalue weighted by Gasteiger charge is 2.21. The Morgan fingerprint density at radius 2 is 2.14 bits per heavy atom. The van der Waals surface area contributed by atoms with Crippen molar-refractivity contribution in [1.29, 1.82) is 0 Å². The van der Waals surface area contributed by atoms with Crippen molar-refractivity contribution in [1.82, 2.24) is 4.72 Å². The largest absolute Gasteiger partial charge is 0.397 e. The van der Waals surface area contributed by atoms with Gasteiger partial charge >= 0.3 is 0 Å². The Labute approximate surface area is 134 Å². The number of nitrogens with one attached hydrogen (secondary N) is 1. The molecule has 0 aliphatic heterocycles. The summed E-state index contributed by atoms with van der Waals surface area (Å²) in [6, 6.07) is 6.70. The first-order valence-electron chi connectivity index (χ1n) is 6.40. The highest BCUT2D eigenvalue weighted by atomic mass is 35.5. The SMILES string of the molecule is Cc1cc(Cl)c(N)cc1S(=O)(=O)NC(C)Cc1cccs1. The van der Waals surface area contributed by atoms with Crippen LogP contribution in [0.1, 0.15) is 17.4 Å². The van der Waals surface area contributed by atoms with Crippen molar-refractivity contribution in [2.45, 2.75) is 31.2 Å². The zero-order chi connectivity index (χ0) is 15.6. The van der Waals surface area contributed by atoms with E-state index in [0.29, 0.717) is 17.0 Å². The molecular weight excluding hydrogens is 328 g/mol. The van der Waals surface area contributed by atoms with Crippen LogP contribution in [0.2, 0.25) is 5.02 Å². The maximum Gasteiger partial charge on any atom is 0.241 e. The molecule has 0 amide bonds. The number of halogens is 1. The minimum atomic E-state index is -3.62. The molecular formula is C14H17ClN2O2S2. The van der Waals surface area contributed by atoms with Crippen LogP contribution in [0.25, 0.3) is 0 Å². The Bertz CT molecular complexity index is 728. The van der Waals surface area contributed by atoms with Crippen LogP contribution in [-0.4, -0.2) is 14.5 Å². The second-order valence-electron chi connectivity index (χ2n) is 4.95. The van der Waals surface area contributed by atoms with Crippen molar-refractivity contribution >= 4 is 38.6 Å². The van der Waals surface area contributed by atoms with E-state index in [1.807, 2.05) is 24.4 Å². The molecule has 0 aliphatic rings. The summed E-state index contributed by atoms with van der Waals surface area (Å²) in [5.41, 5.74) is 6.54. The molecule has 0 spiro atoms. The van der Waals surface area contributed by atoms with E-state index in [0.717, 1.165) is 4.88 Å². The number of hydrogen-bond acceptors (Lipinski definition) is 4. The number of anilines is 1. The van der Waals surface area contributed by atoms with Crippen molar-refractivity contribution in [3.8, 4) is 0 Å². The fraction of sp³-hybridized carbons (Fsp3) is 0.286. The van der Waals surface area contributed by atoms with E-state index in [1.165, 1.54) is 6.07 Å². The number of nitrogens with two attached hydrogens (primary N) is 1. The van der Waals surface area contributed by atoms with Gasteiger partial charge in [-0.1, -0.05) is 17.7 Å². The number of nitrogen functional groups attached to an aromatic ring is 1. The van der Waals surface area contributed by atoms with Gasteiger partial charge in [0.15, 0.2) is 0 Å². The van der Waals surface area contributed by atoms with Crippen LogP contribution in [-0.2, 0) is 16.4 Å². The summed E-state index contributed by atoms with van der Waals surface area (Å²) in [6.07, 6.45) is 0.652. The number of benzene rings is 1. The van der Waals surface area contributed by atoms with E-state index in [2.05, 4.69) is 4.72 Å². The molecule has 0 bridgehead atoms. The van der Waals surface area contributed by atoms with Gasteiger partial charge in [0, 0.05) is 10.9 Å². The molecule has 7 heteroatoms. The van der Waals surface area contributed by atoms with E-state index in [9.17, 15) is 8.42 Å². The van der Waals surface area contributed by atoms with Crippen molar-refractivity contribution in [2.75, 3.05) is 5.73 Å². The average Bonchev–Trinajstić information content (AvgIpc) is 2.85. The highest BCUT2D eigenvalue weighted by molar-refractivity contribution is 7.89. The molecule has 3 N–H and O–H groups in total. The van der Waals surface area contributed by atoms with Crippen molar-refractivity contribution in [3.63, 3.8) is 0 Å². The summed E-state index contributed by atoms with van der Waals surface area (Å²) in [5.74, 6) is 0. The van der Waals surface area contributed by atoms with Gasteiger partial charge in [-0.05, 0) is 49.4 Å². The minimum absolute atomic E-state index is 0.169. The van der Waals surface area contributed by atoms with Gasteiger partial charge in [-0.25, -0.2) is 13.1 Å². The summed E-state index contributed by atoms with van der Waals surface area (Å²) in [5, 5.41) is 2.33. The molecule has 0 saturated carbocycles. The molecule has 2 aromatic rings. The van der Waals surface area contributed by atoms with Gasteiger partial charge in [-0.3, -0.25) is 0 Å². The lowest BCUT2D eigenvalue weighted by Crippen LogP contribution is -2.34. The lowest BCUT2D eigenvalue weighted by molar-refractivity contribution is 0.560. The predicted molar refractivity (Wildman–Crippen MR) is 88.4 cm³/mol. The molecule has 0 radical (unpaired) electrons. The predicted octanol–water partition coefficient (Wildman–Crippen LogP) is 3.20. The van der Waals surface area contributed by atoms with Crippen LogP contribution < -0.4 is 10.5 Å². The van der Waals surface area contributed by atoms with Crippen LogP contribution >= 0.6 is 22.9 Å². The third kappa shape index (κ3) is 3.97. The van der Waals surface area contributed by atoms with Crippen LogP contribution in [0, 0.1) is 6.92 Å². The van der Waals surface area contributed by atoms with Gasteiger partial charge in [-0.2, -0.15) is 0 Å². The van der Waals surface area contributed by atoms with Gasteiger partial charge in [0.05, 0.1) is 15.6 Å². The van der Waals surface area contributed by atoms with E-state index in [4.69, 9.17) is 17.3 Å². The number of rotatable bonds is 5. The van der Waals surface area contributed by atoms with Crippen LogP contribution in [0.4, 0.5) is 5.69 Å². The molecule has 1 aromatic carbocycles. The van der Waals surface area contributed by atoms with Gasteiger partial charge in [0.1, 0.15) is 0 Å². The highest BCUT2D eigenvalue weighted by Crippen LogP contribution is 2.26. The van der Waals surface area contributed by atoms with Crippen LogP contribution in [0.5, 0.6) is 0 Å². The van der Waals surface area contributed by atoms with E-state index < -0.39 is 10.0 Å². The van der Waals surface area contributed by atoms with Crippen LogP contribution in [0.15, 0.2) is 34.5 Å². The van der Waals surface area contributed by atoms with Gasteiger partial charge in [0.2, 0.25) is 10.0 Å². The molecule has 4 nitrogen and oxygen atoms in total. The Morgan fingerprint density at radius 1 is 1.43 bits per heavy atom. The number of sulfonamides is 1. The Hall–Kier alpha value is -1.08. The maximum atomic E-state index is 12.4.